The number of fused-ring (bicyclic) bond motifs is 3. The predicted molar refractivity (Wildman–Crippen MR) is 98.6 cm³/mol. The SMILES string of the molecule is CCOC(=O)c1cc2c(nn3cc(C(=O)c4ccccc4O)cnc23)[nH]c1=O. The standard InChI is InChI=1S/C19H14N4O5/c1-2-28-19(27)13-7-12-16(21-18(13)26)22-23-9-10(8-20-17(12)23)15(25)11-5-3-4-6-14(11)24/h3-9,24H,2H2,1H3,(H,21,22,26). The zero-order chi connectivity index (χ0) is 19.8. The number of carbonyl (C=O) groups is 2. The molecule has 2 N–H and O–H groups in total. The summed E-state index contributed by atoms with van der Waals surface area (Å²) in [5.74, 6) is -1.30. The number of esters is 1. The number of aromatic hydroxyl groups is 1. The van der Waals surface area contributed by atoms with Gasteiger partial charge in [0.15, 0.2) is 17.1 Å². The zero-order valence-corrected chi connectivity index (χ0v) is 14.7. The number of aromatic amines is 1. The van der Waals surface area contributed by atoms with Crippen LogP contribution in [0.1, 0.15) is 33.2 Å². The molecule has 0 unspecified atom stereocenters. The lowest BCUT2D eigenvalue weighted by molar-refractivity contribution is 0.0524. The van der Waals surface area contributed by atoms with Gasteiger partial charge in [-0.3, -0.25) is 9.59 Å². The summed E-state index contributed by atoms with van der Waals surface area (Å²) in [5.41, 5.74) is 0.136. The quantitative estimate of drug-likeness (QED) is 0.409. The minimum absolute atomic E-state index is 0.137. The highest BCUT2D eigenvalue weighted by molar-refractivity contribution is 6.10. The topological polar surface area (TPSA) is 127 Å². The van der Waals surface area contributed by atoms with Gasteiger partial charge in [-0.25, -0.2) is 14.3 Å². The van der Waals surface area contributed by atoms with Gasteiger partial charge in [-0.15, -0.1) is 5.10 Å². The van der Waals surface area contributed by atoms with Crippen LogP contribution in [-0.4, -0.2) is 43.0 Å². The molecule has 0 fully saturated rings. The van der Waals surface area contributed by atoms with E-state index in [1.54, 1.807) is 19.1 Å². The lowest BCUT2D eigenvalue weighted by atomic mass is 10.1. The number of benzene rings is 1. The first kappa shape index (κ1) is 17.4. The Morgan fingerprint density at radius 3 is 2.79 bits per heavy atom. The minimum atomic E-state index is -0.739. The number of ketones is 1. The molecule has 0 aliphatic heterocycles. The van der Waals surface area contributed by atoms with Gasteiger partial charge in [-0.1, -0.05) is 12.1 Å². The van der Waals surface area contributed by atoms with E-state index >= 15 is 0 Å². The number of ether oxygens (including phenoxy) is 1. The highest BCUT2D eigenvalue weighted by atomic mass is 16.5. The molecule has 4 aromatic rings. The molecule has 3 aromatic heterocycles. The minimum Gasteiger partial charge on any atom is -0.507 e. The number of nitrogens with one attached hydrogen (secondary N) is 1. The average molecular weight is 378 g/mol. The number of phenols is 1. The van der Waals surface area contributed by atoms with Gasteiger partial charge in [-0.2, -0.15) is 0 Å². The van der Waals surface area contributed by atoms with Crippen molar-refractivity contribution in [2.24, 2.45) is 0 Å². The van der Waals surface area contributed by atoms with Crippen LogP contribution in [0.2, 0.25) is 0 Å². The molecular weight excluding hydrogens is 364 g/mol. The summed E-state index contributed by atoms with van der Waals surface area (Å²) in [6.45, 7) is 1.78. The van der Waals surface area contributed by atoms with Gasteiger partial charge in [0, 0.05) is 12.4 Å². The smallest absolute Gasteiger partial charge is 0.343 e. The molecule has 4 rings (SSSR count). The van der Waals surface area contributed by atoms with Crippen LogP contribution in [0.25, 0.3) is 16.7 Å². The molecule has 140 valence electrons. The lowest BCUT2D eigenvalue weighted by Gasteiger charge is -2.03. The molecule has 0 bridgehead atoms. The number of H-pyrrole nitrogens is 1. The van der Waals surface area contributed by atoms with Gasteiger partial charge >= 0.3 is 5.97 Å². The lowest BCUT2D eigenvalue weighted by Crippen LogP contribution is -2.19. The monoisotopic (exact) mass is 378 g/mol. The van der Waals surface area contributed by atoms with E-state index < -0.39 is 17.3 Å². The predicted octanol–water partition coefficient (Wildman–Crippen LogP) is 1.68. The first-order chi connectivity index (χ1) is 13.5. The average Bonchev–Trinajstić information content (AvgIpc) is 3.03. The maximum atomic E-state index is 12.6. The molecule has 0 aliphatic carbocycles. The molecule has 1 aromatic carbocycles. The summed E-state index contributed by atoms with van der Waals surface area (Å²) >= 11 is 0. The van der Waals surface area contributed by atoms with Crippen LogP contribution in [0.4, 0.5) is 0 Å². The Kier molecular flexibility index (Phi) is 4.11. The Hall–Kier alpha value is -4.01. The Labute approximate surface area is 157 Å². The number of hydrogen-bond acceptors (Lipinski definition) is 7. The normalized spacial score (nSPS) is 11.0. The van der Waals surface area contributed by atoms with Gasteiger partial charge in [0.25, 0.3) is 5.56 Å². The van der Waals surface area contributed by atoms with Crippen LogP contribution in [0, 0.1) is 0 Å². The number of para-hydroxylation sites is 1. The summed E-state index contributed by atoms with van der Waals surface area (Å²) in [4.78, 5) is 43.5. The molecule has 0 saturated heterocycles. The Morgan fingerprint density at radius 2 is 2.04 bits per heavy atom. The maximum absolute atomic E-state index is 12.6. The number of rotatable bonds is 4. The first-order valence-electron chi connectivity index (χ1n) is 8.41. The molecule has 0 amide bonds. The zero-order valence-electron chi connectivity index (χ0n) is 14.7. The fraction of sp³-hybridized carbons (Fsp3) is 0.105. The molecule has 0 atom stereocenters. The first-order valence-corrected chi connectivity index (χ1v) is 8.41. The highest BCUT2D eigenvalue weighted by Gasteiger charge is 2.19. The van der Waals surface area contributed by atoms with Crippen molar-refractivity contribution in [1.82, 2.24) is 19.6 Å². The second kappa shape index (κ2) is 6.62. The van der Waals surface area contributed by atoms with E-state index in [2.05, 4.69) is 15.1 Å². The number of aromatic nitrogens is 4. The molecule has 3 heterocycles. The molecule has 28 heavy (non-hydrogen) atoms. The van der Waals surface area contributed by atoms with Crippen molar-refractivity contribution in [3.05, 3.63) is 69.8 Å². The summed E-state index contributed by atoms with van der Waals surface area (Å²) in [5, 5.41) is 14.5. The third kappa shape index (κ3) is 2.78. The number of phenolic OH excluding ortho intramolecular Hbond substituents is 1. The second-order valence-electron chi connectivity index (χ2n) is 5.95. The molecule has 9 nitrogen and oxygen atoms in total. The molecule has 9 heteroatoms. The fourth-order valence-electron chi connectivity index (χ4n) is 2.86. The number of carbonyl (C=O) groups excluding carboxylic acids is 2. The summed E-state index contributed by atoms with van der Waals surface area (Å²) in [6, 6.07) is 7.55. The van der Waals surface area contributed by atoms with Gasteiger partial charge in [0.1, 0.15) is 11.3 Å². The van der Waals surface area contributed by atoms with Crippen LogP contribution >= 0.6 is 0 Å². The molecule has 0 spiro atoms. The van der Waals surface area contributed by atoms with E-state index in [9.17, 15) is 19.5 Å². The van der Waals surface area contributed by atoms with Crippen LogP contribution in [0.3, 0.4) is 0 Å². The van der Waals surface area contributed by atoms with Gasteiger partial charge in [0.2, 0.25) is 0 Å². The van der Waals surface area contributed by atoms with E-state index in [1.807, 2.05) is 0 Å². The summed E-state index contributed by atoms with van der Waals surface area (Å²) in [6.07, 6.45) is 2.79. The molecule has 0 saturated carbocycles. The van der Waals surface area contributed by atoms with Gasteiger partial charge in [-0.05, 0) is 25.1 Å². The van der Waals surface area contributed by atoms with Crippen molar-refractivity contribution in [3.8, 4) is 5.75 Å². The van der Waals surface area contributed by atoms with Crippen LogP contribution in [-0.2, 0) is 4.74 Å². The van der Waals surface area contributed by atoms with Crippen molar-refractivity contribution >= 4 is 28.4 Å². The number of hydrogen-bond donors (Lipinski definition) is 2. The third-order valence-electron chi connectivity index (χ3n) is 4.18. The largest absolute Gasteiger partial charge is 0.507 e. The second-order valence-corrected chi connectivity index (χ2v) is 5.95. The Bertz CT molecular complexity index is 1300. The van der Waals surface area contributed by atoms with E-state index in [4.69, 9.17) is 4.74 Å². The third-order valence-corrected chi connectivity index (χ3v) is 4.18. The Balaban J connectivity index is 1.84. The summed E-state index contributed by atoms with van der Waals surface area (Å²) in [7, 11) is 0. The van der Waals surface area contributed by atoms with Crippen molar-refractivity contribution in [2.75, 3.05) is 6.61 Å². The fourth-order valence-corrected chi connectivity index (χ4v) is 2.86. The number of nitrogens with zero attached hydrogens (tertiary/aromatic N) is 3. The Morgan fingerprint density at radius 1 is 1.25 bits per heavy atom. The van der Waals surface area contributed by atoms with Crippen LogP contribution in [0.15, 0.2) is 47.5 Å². The summed E-state index contributed by atoms with van der Waals surface area (Å²) < 4.78 is 6.22. The van der Waals surface area contributed by atoms with E-state index in [-0.39, 0.29) is 34.7 Å². The van der Waals surface area contributed by atoms with Gasteiger partial charge in [0.05, 0.1) is 23.1 Å². The van der Waals surface area contributed by atoms with Crippen molar-refractivity contribution in [3.63, 3.8) is 0 Å². The maximum Gasteiger partial charge on any atom is 0.343 e. The molecule has 0 aliphatic rings. The van der Waals surface area contributed by atoms with E-state index in [1.165, 1.54) is 35.1 Å². The van der Waals surface area contributed by atoms with Gasteiger partial charge < -0.3 is 14.8 Å². The number of pyridine rings is 1. The highest BCUT2D eigenvalue weighted by Crippen LogP contribution is 2.21. The van der Waals surface area contributed by atoms with E-state index in [0.29, 0.717) is 11.0 Å². The molecule has 0 radical (unpaired) electrons. The van der Waals surface area contributed by atoms with Crippen molar-refractivity contribution in [2.45, 2.75) is 6.92 Å². The van der Waals surface area contributed by atoms with E-state index in [0.717, 1.165) is 0 Å². The van der Waals surface area contributed by atoms with Crippen LogP contribution < -0.4 is 5.56 Å². The van der Waals surface area contributed by atoms with Crippen LogP contribution in [0.5, 0.6) is 5.75 Å². The molecular formula is C19H14N4O5. The van der Waals surface area contributed by atoms with Crippen molar-refractivity contribution < 1.29 is 19.4 Å². The van der Waals surface area contributed by atoms with Crippen molar-refractivity contribution in [1.29, 1.82) is 0 Å².